The molecule has 0 bridgehead atoms. The fraction of sp³-hybridized carbons (Fsp3) is 0.857. The van der Waals surface area contributed by atoms with Crippen molar-refractivity contribution in [1.82, 2.24) is 0 Å². The van der Waals surface area contributed by atoms with Crippen LogP contribution in [0.2, 0.25) is 0 Å². The molecular formula is C7H13NO2. The summed E-state index contributed by atoms with van der Waals surface area (Å²) in [5, 5.41) is 0. The molecule has 0 aromatic heterocycles. The summed E-state index contributed by atoms with van der Waals surface area (Å²) in [6.45, 7) is 0.0104. The molecule has 0 radical (unpaired) electrons. The lowest BCUT2D eigenvalue weighted by Crippen LogP contribution is -2.21. The largest absolute Gasteiger partial charge is 0.461 e. The van der Waals surface area contributed by atoms with Crippen LogP contribution in [0.3, 0.4) is 0 Å². The van der Waals surface area contributed by atoms with Crippen molar-refractivity contribution in [3.63, 3.8) is 0 Å². The standard InChI is InChI=1S/C7H13NO2/c8-5-7(9)10-6-3-1-2-4-6/h6H,1-5,8H2. The van der Waals surface area contributed by atoms with Crippen LogP contribution in [0.5, 0.6) is 0 Å². The van der Waals surface area contributed by atoms with Crippen molar-refractivity contribution >= 4 is 5.97 Å². The Bertz CT molecular complexity index is 119. The van der Waals surface area contributed by atoms with E-state index in [1.165, 1.54) is 12.8 Å². The van der Waals surface area contributed by atoms with Gasteiger partial charge in [0.2, 0.25) is 0 Å². The zero-order chi connectivity index (χ0) is 7.40. The fourth-order valence-electron chi connectivity index (χ4n) is 1.24. The maximum atomic E-state index is 10.6. The van der Waals surface area contributed by atoms with Gasteiger partial charge in [0.1, 0.15) is 6.10 Å². The number of carbonyl (C=O) groups is 1. The zero-order valence-corrected chi connectivity index (χ0v) is 6.01. The lowest BCUT2D eigenvalue weighted by Gasteiger charge is -2.08. The van der Waals surface area contributed by atoms with Gasteiger partial charge in [-0.05, 0) is 25.7 Å². The van der Waals surface area contributed by atoms with Crippen molar-refractivity contribution in [3.8, 4) is 0 Å². The molecule has 0 aliphatic heterocycles. The molecule has 1 aliphatic rings. The molecule has 58 valence electrons. The molecule has 0 aromatic carbocycles. The van der Waals surface area contributed by atoms with Gasteiger partial charge in [-0.3, -0.25) is 4.79 Å². The number of rotatable bonds is 2. The first kappa shape index (κ1) is 7.54. The quantitative estimate of drug-likeness (QED) is 0.570. The van der Waals surface area contributed by atoms with Crippen molar-refractivity contribution in [2.45, 2.75) is 31.8 Å². The van der Waals surface area contributed by atoms with Gasteiger partial charge in [-0.15, -0.1) is 0 Å². The average Bonchev–Trinajstić information content (AvgIpc) is 2.40. The second-order valence-corrected chi connectivity index (χ2v) is 2.60. The van der Waals surface area contributed by atoms with Gasteiger partial charge in [0.25, 0.3) is 0 Å². The maximum Gasteiger partial charge on any atom is 0.319 e. The van der Waals surface area contributed by atoms with Crippen LogP contribution in [-0.2, 0) is 9.53 Å². The van der Waals surface area contributed by atoms with Gasteiger partial charge in [0.05, 0.1) is 6.54 Å². The Labute approximate surface area is 60.5 Å². The molecule has 3 nitrogen and oxygen atoms in total. The van der Waals surface area contributed by atoms with E-state index in [0.29, 0.717) is 0 Å². The van der Waals surface area contributed by atoms with E-state index < -0.39 is 0 Å². The van der Waals surface area contributed by atoms with Gasteiger partial charge in [0, 0.05) is 0 Å². The second-order valence-electron chi connectivity index (χ2n) is 2.60. The lowest BCUT2D eigenvalue weighted by atomic mass is 10.3. The minimum Gasteiger partial charge on any atom is -0.461 e. The Morgan fingerprint density at radius 1 is 1.50 bits per heavy atom. The van der Waals surface area contributed by atoms with E-state index in [1.807, 2.05) is 0 Å². The molecule has 0 aromatic rings. The number of carbonyl (C=O) groups excluding carboxylic acids is 1. The van der Waals surface area contributed by atoms with Gasteiger partial charge in [-0.2, -0.15) is 0 Å². The number of ether oxygens (including phenoxy) is 1. The Hall–Kier alpha value is -0.570. The Kier molecular flexibility index (Phi) is 2.68. The molecule has 0 saturated heterocycles. The summed E-state index contributed by atoms with van der Waals surface area (Å²) in [6.07, 6.45) is 4.57. The monoisotopic (exact) mass is 143 g/mol. The van der Waals surface area contributed by atoms with Crippen molar-refractivity contribution < 1.29 is 9.53 Å². The number of esters is 1. The zero-order valence-electron chi connectivity index (χ0n) is 6.01. The first-order valence-electron chi connectivity index (χ1n) is 3.72. The fourth-order valence-corrected chi connectivity index (χ4v) is 1.24. The number of nitrogens with two attached hydrogens (primary N) is 1. The van der Waals surface area contributed by atoms with Crippen molar-refractivity contribution in [3.05, 3.63) is 0 Å². The summed E-state index contributed by atoms with van der Waals surface area (Å²) in [7, 11) is 0. The van der Waals surface area contributed by atoms with Crippen LogP contribution >= 0.6 is 0 Å². The highest BCUT2D eigenvalue weighted by Gasteiger charge is 2.17. The molecule has 0 heterocycles. The summed E-state index contributed by atoms with van der Waals surface area (Å²) in [4.78, 5) is 10.6. The SMILES string of the molecule is NCC(=O)OC1CCCC1. The van der Waals surface area contributed by atoms with Gasteiger partial charge >= 0.3 is 5.97 Å². The van der Waals surface area contributed by atoms with Crippen LogP contribution in [0.4, 0.5) is 0 Å². The Morgan fingerprint density at radius 2 is 2.10 bits per heavy atom. The van der Waals surface area contributed by atoms with Gasteiger partial charge in [-0.25, -0.2) is 0 Å². The highest BCUT2D eigenvalue weighted by Crippen LogP contribution is 2.20. The smallest absolute Gasteiger partial charge is 0.319 e. The first-order chi connectivity index (χ1) is 4.83. The minimum absolute atomic E-state index is 0.0104. The van der Waals surface area contributed by atoms with E-state index in [0.717, 1.165) is 12.8 Å². The summed E-state index contributed by atoms with van der Waals surface area (Å²) in [6, 6.07) is 0. The van der Waals surface area contributed by atoms with E-state index in [2.05, 4.69) is 0 Å². The van der Waals surface area contributed by atoms with E-state index >= 15 is 0 Å². The molecule has 2 N–H and O–H groups in total. The van der Waals surface area contributed by atoms with Crippen molar-refractivity contribution in [2.75, 3.05) is 6.54 Å². The summed E-state index contributed by atoms with van der Waals surface area (Å²) in [5.41, 5.74) is 5.08. The molecule has 0 unspecified atom stereocenters. The third kappa shape index (κ3) is 1.99. The third-order valence-corrected chi connectivity index (χ3v) is 1.77. The molecule has 1 rings (SSSR count). The maximum absolute atomic E-state index is 10.6. The van der Waals surface area contributed by atoms with E-state index in [9.17, 15) is 4.79 Å². The van der Waals surface area contributed by atoms with Crippen LogP contribution in [0.25, 0.3) is 0 Å². The highest BCUT2D eigenvalue weighted by molar-refractivity contribution is 5.71. The van der Waals surface area contributed by atoms with Crippen LogP contribution in [-0.4, -0.2) is 18.6 Å². The molecule has 1 fully saturated rings. The van der Waals surface area contributed by atoms with E-state index in [4.69, 9.17) is 10.5 Å². The van der Waals surface area contributed by atoms with E-state index in [-0.39, 0.29) is 18.6 Å². The average molecular weight is 143 g/mol. The number of hydrogen-bond donors (Lipinski definition) is 1. The van der Waals surface area contributed by atoms with Crippen LogP contribution in [0, 0.1) is 0 Å². The van der Waals surface area contributed by atoms with E-state index in [1.54, 1.807) is 0 Å². The predicted octanol–water partition coefficient (Wildman–Crippen LogP) is 0.431. The van der Waals surface area contributed by atoms with Gasteiger partial charge < -0.3 is 10.5 Å². The third-order valence-electron chi connectivity index (χ3n) is 1.77. The molecular weight excluding hydrogens is 130 g/mol. The van der Waals surface area contributed by atoms with Crippen LogP contribution in [0.1, 0.15) is 25.7 Å². The van der Waals surface area contributed by atoms with Gasteiger partial charge in [0.15, 0.2) is 0 Å². The number of hydrogen-bond acceptors (Lipinski definition) is 3. The second kappa shape index (κ2) is 3.56. The molecule has 10 heavy (non-hydrogen) atoms. The molecule has 1 saturated carbocycles. The van der Waals surface area contributed by atoms with Crippen molar-refractivity contribution in [2.24, 2.45) is 5.73 Å². The van der Waals surface area contributed by atoms with Gasteiger partial charge in [-0.1, -0.05) is 0 Å². The molecule has 3 heteroatoms. The topological polar surface area (TPSA) is 52.3 Å². The first-order valence-corrected chi connectivity index (χ1v) is 3.72. The predicted molar refractivity (Wildman–Crippen MR) is 37.4 cm³/mol. The molecule has 0 spiro atoms. The molecule has 1 aliphatic carbocycles. The normalized spacial score (nSPS) is 19.3. The lowest BCUT2D eigenvalue weighted by molar-refractivity contribution is -0.146. The van der Waals surface area contributed by atoms with Crippen molar-refractivity contribution in [1.29, 1.82) is 0 Å². The minimum atomic E-state index is -0.271. The van der Waals surface area contributed by atoms with Crippen LogP contribution < -0.4 is 5.73 Å². The summed E-state index contributed by atoms with van der Waals surface area (Å²) < 4.78 is 5.00. The molecule has 0 amide bonds. The Balaban J connectivity index is 2.17. The highest BCUT2D eigenvalue weighted by atomic mass is 16.5. The Morgan fingerprint density at radius 3 is 2.60 bits per heavy atom. The summed E-state index contributed by atoms with van der Waals surface area (Å²) >= 11 is 0. The summed E-state index contributed by atoms with van der Waals surface area (Å²) in [5.74, 6) is -0.271. The van der Waals surface area contributed by atoms with Crippen LogP contribution in [0.15, 0.2) is 0 Å². The molecule has 0 atom stereocenters.